The minimum atomic E-state index is -5.80. The Hall–Kier alpha value is -1.24. The van der Waals surface area contributed by atoms with Gasteiger partial charge < -0.3 is 5.11 Å². The molecule has 0 aliphatic rings. The minimum Gasteiger partial charge on any atom is -0.380 e. The molecule has 0 radical (unpaired) electrons. The maximum Gasteiger partial charge on any atom is 0.456 e. The lowest BCUT2D eigenvalue weighted by Crippen LogP contribution is -2.42. The highest BCUT2D eigenvalue weighted by atomic mass is 19.4. The molecule has 0 saturated heterocycles. The van der Waals surface area contributed by atoms with E-state index in [0.717, 1.165) is 12.3 Å². The molecule has 0 spiro atoms. The Bertz CT molecular complexity index is 324. The Morgan fingerprint density at radius 2 is 1.73 bits per heavy atom. The second kappa shape index (κ2) is 3.73. The molecule has 1 rings (SSSR count). The van der Waals surface area contributed by atoms with Crippen molar-refractivity contribution >= 4 is 0 Å². The molecule has 0 aliphatic heterocycles. The van der Waals surface area contributed by atoms with Crippen LogP contribution in [0.1, 0.15) is 11.8 Å². The molecule has 15 heavy (non-hydrogen) atoms. The predicted octanol–water partition coefficient (Wildman–Crippen LogP) is 2.31. The van der Waals surface area contributed by atoms with Crippen LogP contribution in [0.4, 0.5) is 22.0 Å². The summed E-state index contributed by atoms with van der Waals surface area (Å²) in [5.74, 6) is -5.21. The smallest absolute Gasteiger partial charge is 0.380 e. The molecular formula is C8H6F5NO. The van der Waals surface area contributed by atoms with Gasteiger partial charge in [0.1, 0.15) is 0 Å². The van der Waals surface area contributed by atoms with Crippen LogP contribution in [0.2, 0.25) is 0 Å². The van der Waals surface area contributed by atoms with Crippen LogP contribution in [0.15, 0.2) is 24.4 Å². The summed E-state index contributed by atoms with van der Waals surface area (Å²) in [7, 11) is 0. The van der Waals surface area contributed by atoms with Crippen LogP contribution in [-0.2, 0) is 0 Å². The number of halogens is 5. The molecule has 84 valence electrons. The van der Waals surface area contributed by atoms with Crippen molar-refractivity contribution in [2.45, 2.75) is 18.2 Å². The van der Waals surface area contributed by atoms with E-state index in [4.69, 9.17) is 5.11 Å². The van der Waals surface area contributed by atoms with Gasteiger partial charge in [-0.05, 0) is 12.1 Å². The number of nitrogens with zero attached hydrogens (tertiary/aromatic N) is 1. The maximum absolute atomic E-state index is 12.6. The first-order chi connectivity index (χ1) is 6.77. The van der Waals surface area contributed by atoms with Crippen LogP contribution in [0.5, 0.6) is 0 Å². The van der Waals surface area contributed by atoms with Gasteiger partial charge in [0, 0.05) is 6.20 Å². The van der Waals surface area contributed by atoms with Gasteiger partial charge in [0.2, 0.25) is 0 Å². The number of aliphatic hydroxyl groups excluding tert-OH is 1. The van der Waals surface area contributed by atoms with Gasteiger partial charge in [-0.2, -0.15) is 22.0 Å². The van der Waals surface area contributed by atoms with Gasteiger partial charge in [0.05, 0.1) is 5.69 Å². The molecule has 0 bridgehead atoms. The van der Waals surface area contributed by atoms with E-state index in [1.165, 1.54) is 12.1 Å². The lowest BCUT2D eigenvalue weighted by molar-refractivity contribution is -0.315. The molecule has 0 unspecified atom stereocenters. The zero-order valence-electron chi connectivity index (χ0n) is 7.17. The SMILES string of the molecule is O[C@@H](c1ccccn1)C(F)(F)C(F)(F)F. The second-order valence-electron chi connectivity index (χ2n) is 2.78. The number of alkyl halides is 5. The Morgan fingerprint density at radius 1 is 1.13 bits per heavy atom. The van der Waals surface area contributed by atoms with E-state index in [1.807, 2.05) is 0 Å². The van der Waals surface area contributed by atoms with E-state index in [2.05, 4.69) is 4.98 Å². The molecule has 0 aliphatic carbocycles. The maximum atomic E-state index is 12.6. The monoisotopic (exact) mass is 227 g/mol. The van der Waals surface area contributed by atoms with Gasteiger partial charge in [-0.25, -0.2) is 0 Å². The summed E-state index contributed by atoms with van der Waals surface area (Å²) in [5, 5.41) is 8.85. The normalized spacial score (nSPS) is 15.1. The highest BCUT2D eigenvalue weighted by Gasteiger charge is 2.63. The average Bonchev–Trinajstić information content (AvgIpc) is 2.16. The van der Waals surface area contributed by atoms with E-state index in [0.29, 0.717) is 0 Å². The van der Waals surface area contributed by atoms with Crippen molar-refractivity contribution in [2.75, 3.05) is 0 Å². The molecule has 0 saturated carbocycles. The van der Waals surface area contributed by atoms with E-state index >= 15 is 0 Å². The first kappa shape index (κ1) is 11.8. The average molecular weight is 227 g/mol. The van der Waals surface area contributed by atoms with E-state index in [9.17, 15) is 22.0 Å². The summed E-state index contributed by atoms with van der Waals surface area (Å²) in [4.78, 5) is 3.23. The number of aliphatic hydroxyl groups is 1. The van der Waals surface area contributed by atoms with Crippen LogP contribution < -0.4 is 0 Å². The fraction of sp³-hybridized carbons (Fsp3) is 0.375. The van der Waals surface area contributed by atoms with Crippen LogP contribution in [0.25, 0.3) is 0 Å². The van der Waals surface area contributed by atoms with Gasteiger partial charge in [-0.3, -0.25) is 4.98 Å². The van der Waals surface area contributed by atoms with Crippen LogP contribution in [0, 0.1) is 0 Å². The van der Waals surface area contributed by atoms with Gasteiger partial charge in [0.25, 0.3) is 0 Å². The Labute approximate surface area is 81.4 Å². The molecule has 1 aromatic heterocycles. The molecule has 0 aromatic carbocycles. The molecule has 1 aromatic rings. The summed E-state index contributed by atoms with van der Waals surface area (Å²) < 4.78 is 60.7. The van der Waals surface area contributed by atoms with Crippen molar-refractivity contribution in [1.29, 1.82) is 0 Å². The first-order valence-electron chi connectivity index (χ1n) is 3.80. The van der Waals surface area contributed by atoms with E-state index in [1.54, 1.807) is 0 Å². The third kappa shape index (κ3) is 2.23. The van der Waals surface area contributed by atoms with Gasteiger partial charge in [0.15, 0.2) is 6.10 Å². The summed E-state index contributed by atoms with van der Waals surface area (Å²) in [6, 6.07) is 3.43. The highest BCUT2D eigenvalue weighted by Crippen LogP contribution is 2.43. The zero-order chi connectivity index (χ0) is 11.7. The first-order valence-corrected chi connectivity index (χ1v) is 3.80. The zero-order valence-corrected chi connectivity index (χ0v) is 7.17. The largest absolute Gasteiger partial charge is 0.456 e. The standard InChI is InChI=1S/C8H6F5NO/c9-7(10,8(11,12)13)6(15)5-3-1-2-4-14-5/h1-4,6,15H/t6-/m0/s1. The molecule has 7 heteroatoms. The summed E-state index contributed by atoms with van der Waals surface area (Å²) >= 11 is 0. The topological polar surface area (TPSA) is 33.1 Å². The van der Waals surface area contributed by atoms with Crippen LogP contribution in [0.3, 0.4) is 0 Å². The van der Waals surface area contributed by atoms with Crippen molar-refractivity contribution in [2.24, 2.45) is 0 Å². The van der Waals surface area contributed by atoms with Gasteiger partial charge >= 0.3 is 12.1 Å². The van der Waals surface area contributed by atoms with Crippen LogP contribution in [-0.4, -0.2) is 22.2 Å². The second-order valence-corrected chi connectivity index (χ2v) is 2.78. The number of hydrogen-bond acceptors (Lipinski definition) is 2. The minimum absolute atomic E-state index is 0.722. The van der Waals surface area contributed by atoms with Crippen molar-refractivity contribution < 1.29 is 27.1 Å². The number of rotatable bonds is 2. The third-order valence-electron chi connectivity index (χ3n) is 1.69. The Morgan fingerprint density at radius 3 is 2.13 bits per heavy atom. The molecular weight excluding hydrogens is 221 g/mol. The number of pyridine rings is 1. The fourth-order valence-corrected chi connectivity index (χ4v) is 0.878. The molecule has 1 atom stereocenters. The van der Waals surface area contributed by atoms with Gasteiger partial charge in [-0.1, -0.05) is 6.07 Å². The van der Waals surface area contributed by atoms with Crippen LogP contribution >= 0.6 is 0 Å². The van der Waals surface area contributed by atoms with Crippen molar-refractivity contribution in [3.63, 3.8) is 0 Å². The lowest BCUT2D eigenvalue weighted by Gasteiger charge is -2.24. The van der Waals surface area contributed by atoms with Crippen molar-refractivity contribution in [1.82, 2.24) is 4.98 Å². The molecule has 1 N–H and O–H groups in total. The van der Waals surface area contributed by atoms with E-state index in [-0.39, 0.29) is 0 Å². The number of aromatic nitrogens is 1. The highest BCUT2D eigenvalue weighted by molar-refractivity contribution is 5.10. The Kier molecular flexibility index (Phi) is 2.94. The van der Waals surface area contributed by atoms with Crippen molar-refractivity contribution in [3.05, 3.63) is 30.1 Å². The fourth-order valence-electron chi connectivity index (χ4n) is 0.878. The van der Waals surface area contributed by atoms with E-state index < -0.39 is 23.9 Å². The molecule has 2 nitrogen and oxygen atoms in total. The number of hydrogen-bond donors (Lipinski definition) is 1. The lowest BCUT2D eigenvalue weighted by atomic mass is 10.1. The predicted molar refractivity (Wildman–Crippen MR) is 40.2 cm³/mol. The third-order valence-corrected chi connectivity index (χ3v) is 1.69. The summed E-state index contributed by atoms with van der Waals surface area (Å²) in [5.41, 5.74) is -0.722. The quantitative estimate of drug-likeness (QED) is 0.786. The Balaban J connectivity index is 3.00. The van der Waals surface area contributed by atoms with Crippen molar-refractivity contribution in [3.8, 4) is 0 Å². The summed E-state index contributed by atoms with van der Waals surface area (Å²) in [6.07, 6.45) is -7.77. The molecule has 0 fully saturated rings. The van der Waals surface area contributed by atoms with Gasteiger partial charge in [-0.15, -0.1) is 0 Å². The molecule has 0 amide bonds. The summed E-state index contributed by atoms with van der Waals surface area (Å²) in [6.45, 7) is 0. The molecule has 1 heterocycles.